The molecule has 0 aliphatic carbocycles. The molecule has 7 heteroatoms. The lowest BCUT2D eigenvalue weighted by molar-refractivity contribution is -0.121. The van der Waals surface area contributed by atoms with Crippen LogP contribution in [0.2, 0.25) is 0 Å². The van der Waals surface area contributed by atoms with Crippen molar-refractivity contribution < 1.29 is 14.3 Å². The van der Waals surface area contributed by atoms with Crippen LogP contribution in [0.1, 0.15) is 17.3 Å². The van der Waals surface area contributed by atoms with Gasteiger partial charge in [-0.2, -0.15) is 0 Å². The molecule has 0 atom stereocenters. The van der Waals surface area contributed by atoms with Gasteiger partial charge in [0, 0.05) is 0 Å². The molecule has 2 amide bonds. The Morgan fingerprint density at radius 2 is 1.44 bits per heavy atom. The number of alkyl halides is 2. The van der Waals surface area contributed by atoms with Gasteiger partial charge < -0.3 is 15.4 Å². The second-order valence-electron chi connectivity index (χ2n) is 5.18. The molecule has 0 spiro atoms. The molecule has 0 unspecified atom stereocenters. The smallest absolute Gasteiger partial charge is 0.231 e. The SMILES string of the molecule is O=C(CI)NC(NC(=O)CI)c1ccc(OCc2ccccc2)cc1. The van der Waals surface area contributed by atoms with E-state index in [0.29, 0.717) is 15.5 Å². The summed E-state index contributed by atoms with van der Waals surface area (Å²) in [5.41, 5.74) is 1.89. The fourth-order valence-corrected chi connectivity index (χ4v) is 2.54. The second-order valence-corrected chi connectivity index (χ2v) is 6.70. The molecule has 5 nitrogen and oxygen atoms in total. The number of ether oxygens (including phenoxy) is 1. The van der Waals surface area contributed by atoms with Gasteiger partial charge in [0.1, 0.15) is 18.5 Å². The number of halogens is 2. The molecule has 0 aliphatic heterocycles. The Kier molecular flexibility index (Phi) is 8.45. The van der Waals surface area contributed by atoms with Crippen molar-refractivity contribution in [3.05, 3.63) is 65.7 Å². The van der Waals surface area contributed by atoms with E-state index in [9.17, 15) is 9.59 Å². The molecular formula is C18H18I2N2O3. The van der Waals surface area contributed by atoms with Gasteiger partial charge >= 0.3 is 0 Å². The van der Waals surface area contributed by atoms with Crippen molar-refractivity contribution in [1.82, 2.24) is 10.6 Å². The summed E-state index contributed by atoms with van der Waals surface area (Å²) in [6.07, 6.45) is -0.548. The Morgan fingerprint density at radius 1 is 0.880 bits per heavy atom. The normalized spacial score (nSPS) is 10.4. The monoisotopic (exact) mass is 564 g/mol. The van der Waals surface area contributed by atoms with Crippen molar-refractivity contribution >= 4 is 57.0 Å². The minimum Gasteiger partial charge on any atom is -0.489 e. The highest BCUT2D eigenvalue weighted by Crippen LogP contribution is 2.18. The van der Waals surface area contributed by atoms with Crippen molar-refractivity contribution in [2.45, 2.75) is 12.8 Å². The van der Waals surface area contributed by atoms with Gasteiger partial charge in [-0.25, -0.2) is 0 Å². The number of carbonyl (C=O) groups excluding carboxylic acids is 2. The van der Waals surface area contributed by atoms with Crippen LogP contribution in [0.15, 0.2) is 54.6 Å². The molecule has 2 rings (SSSR count). The summed E-state index contributed by atoms with van der Waals surface area (Å²) in [7, 11) is 0. The largest absolute Gasteiger partial charge is 0.489 e. The van der Waals surface area contributed by atoms with E-state index in [1.165, 1.54) is 0 Å². The lowest BCUT2D eigenvalue weighted by Gasteiger charge is -2.20. The van der Waals surface area contributed by atoms with Crippen molar-refractivity contribution in [2.75, 3.05) is 8.86 Å². The third kappa shape index (κ3) is 6.81. The minimum atomic E-state index is -0.548. The third-order valence-corrected chi connectivity index (χ3v) is 4.70. The molecule has 2 aromatic carbocycles. The summed E-state index contributed by atoms with van der Waals surface area (Å²) in [6, 6.07) is 17.3. The van der Waals surface area contributed by atoms with Crippen molar-refractivity contribution in [3.8, 4) is 5.75 Å². The minimum absolute atomic E-state index is 0.135. The van der Waals surface area contributed by atoms with E-state index in [1.54, 1.807) is 0 Å². The quantitative estimate of drug-likeness (QED) is 0.294. The van der Waals surface area contributed by atoms with Crippen molar-refractivity contribution in [2.24, 2.45) is 0 Å². The molecule has 0 radical (unpaired) electrons. The summed E-state index contributed by atoms with van der Waals surface area (Å²) in [6.45, 7) is 0.487. The van der Waals surface area contributed by atoms with Crippen LogP contribution in [0.25, 0.3) is 0 Å². The molecule has 0 aliphatic rings. The Morgan fingerprint density at radius 3 is 1.96 bits per heavy atom. The molecule has 2 aromatic rings. The standard InChI is InChI=1S/C18H18I2N2O3/c19-10-16(23)21-18(22-17(24)11-20)14-6-8-15(9-7-14)25-12-13-4-2-1-3-5-13/h1-9,18H,10-12H2,(H,21,23)(H,22,24). The van der Waals surface area contributed by atoms with Crippen molar-refractivity contribution in [1.29, 1.82) is 0 Å². The molecule has 0 saturated carbocycles. The van der Waals surface area contributed by atoms with E-state index in [-0.39, 0.29) is 11.8 Å². The first-order valence-corrected chi connectivity index (χ1v) is 10.6. The average molecular weight is 564 g/mol. The zero-order valence-electron chi connectivity index (χ0n) is 13.4. The van der Waals surface area contributed by atoms with Crippen LogP contribution in [0.5, 0.6) is 5.75 Å². The Balaban J connectivity index is 2.03. The van der Waals surface area contributed by atoms with Crippen molar-refractivity contribution in [3.63, 3.8) is 0 Å². The van der Waals surface area contributed by atoms with Gasteiger partial charge in [0.2, 0.25) is 11.8 Å². The zero-order valence-corrected chi connectivity index (χ0v) is 17.7. The summed E-state index contributed by atoms with van der Waals surface area (Å²) in [4.78, 5) is 23.4. The summed E-state index contributed by atoms with van der Waals surface area (Å²) in [5.74, 6) is 0.458. The van der Waals surface area contributed by atoms with E-state index in [2.05, 4.69) is 10.6 Å². The number of rotatable bonds is 8. The Bertz CT molecular complexity index is 675. The topological polar surface area (TPSA) is 67.4 Å². The van der Waals surface area contributed by atoms with E-state index < -0.39 is 6.17 Å². The highest BCUT2D eigenvalue weighted by atomic mass is 127. The van der Waals surface area contributed by atoms with Gasteiger partial charge in [-0.1, -0.05) is 87.6 Å². The molecule has 25 heavy (non-hydrogen) atoms. The molecule has 0 aromatic heterocycles. The number of benzene rings is 2. The number of hydrogen-bond acceptors (Lipinski definition) is 3. The third-order valence-electron chi connectivity index (χ3n) is 3.32. The highest BCUT2D eigenvalue weighted by Gasteiger charge is 2.16. The predicted octanol–water partition coefficient (Wildman–Crippen LogP) is 3.37. The van der Waals surface area contributed by atoms with Crippen LogP contribution in [0.4, 0.5) is 0 Å². The number of hydrogen-bond donors (Lipinski definition) is 2. The first-order valence-electron chi connectivity index (χ1n) is 7.59. The maximum Gasteiger partial charge on any atom is 0.231 e. The fourth-order valence-electron chi connectivity index (χ4n) is 2.10. The van der Waals surface area contributed by atoms with E-state index >= 15 is 0 Å². The number of carbonyl (C=O) groups is 2. The lowest BCUT2D eigenvalue weighted by atomic mass is 10.1. The molecule has 0 bridgehead atoms. The highest BCUT2D eigenvalue weighted by molar-refractivity contribution is 14.1. The fraction of sp³-hybridized carbons (Fsp3) is 0.222. The maximum absolute atomic E-state index is 11.7. The van der Waals surface area contributed by atoms with E-state index in [4.69, 9.17) is 4.74 Å². The van der Waals surface area contributed by atoms with Crippen LogP contribution in [0, 0.1) is 0 Å². The van der Waals surface area contributed by atoms with E-state index in [1.807, 2.05) is 99.8 Å². The first-order chi connectivity index (χ1) is 12.1. The molecular weight excluding hydrogens is 546 g/mol. The van der Waals surface area contributed by atoms with Crippen LogP contribution in [-0.4, -0.2) is 20.7 Å². The van der Waals surface area contributed by atoms with Gasteiger partial charge in [0.25, 0.3) is 0 Å². The molecule has 2 N–H and O–H groups in total. The Labute approximate surface area is 174 Å². The van der Waals surface area contributed by atoms with Gasteiger partial charge in [0.05, 0.1) is 8.86 Å². The van der Waals surface area contributed by atoms with Crippen LogP contribution < -0.4 is 15.4 Å². The van der Waals surface area contributed by atoms with Gasteiger partial charge in [-0.05, 0) is 23.3 Å². The zero-order chi connectivity index (χ0) is 18.1. The maximum atomic E-state index is 11.7. The first kappa shape index (κ1) is 20.0. The summed E-state index contributed by atoms with van der Waals surface area (Å²) >= 11 is 3.97. The van der Waals surface area contributed by atoms with Crippen LogP contribution in [-0.2, 0) is 16.2 Å². The Hall–Kier alpha value is -1.36. The molecule has 132 valence electrons. The molecule has 0 saturated heterocycles. The summed E-state index contributed by atoms with van der Waals surface area (Å²) < 4.78 is 6.41. The van der Waals surface area contributed by atoms with Gasteiger partial charge in [-0.3, -0.25) is 9.59 Å². The number of amides is 2. The van der Waals surface area contributed by atoms with Gasteiger partial charge in [0.15, 0.2) is 0 Å². The average Bonchev–Trinajstić information content (AvgIpc) is 2.66. The molecule has 0 fully saturated rings. The number of nitrogens with one attached hydrogen (secondary N) is 2. The summed E-state index contributed by atoms with van der Waals surface area (Å²) in [5, 5.41) is 5.61. The lowest BCUT2D eigenvalue weighted by Crippen LogP contribution is -2.41. The van der Waals surface area contributed by atoms with E-state index in [0.717, 1.165) is 16.9 Å². The predicted molar refractivity (Wildman–Crippen MR) is 114 cm³/mol. The van der Waals surface area contributed by atoms with Gasteiger partial charge in [-0.15, -0.1) is 0 Å². The van der Waals surface area contributed by atoms with Crippen LogP contribution >= 0.6 is 45.2 Å². The second kappa shape index (κ2) is 10.6. The molecule has 0 heterocycles. The van der Waals surface area contributed by atoms with Crippen LogP contribution in [0.3, 0.4) is 0 Å².